The second-order valence-corrected chi connectivity index (χ2v) is 5.59. The number of ether oxygens (including phenoxy) is 1. The molecule has 1 aromatic rings. The second-order valence-electron chi connectivity index (χ2n) is 5.59. The highest BCUT2D eigenvalue weighted by molar-refractivity contribution is 5.80. The van der Waals surface area contributed by atoms with Gasteiger partial charge < -0.3 is 15.0 Å². The van der Waals surface area contributed by atoms with E-state index in [4.69, 9.17) is 4.74 Å². The van der Waals surface area contributed by atoms with Crippen molar-refractivity contribution in [2.24, 2.45) is 0 Å². The molecular weight excluding hydrogens is 304 g/mol. The van der Waals surface area contributed by atoms with E-state index in [-0.39, 0.29) is 18.1 Å². The largest absolute Gasteiger partial charge is 0.467 e. The first-order valence-corrected chi connectivity index (χ1v) is 7.99. The van der Waals surface area contributed by atoms with Gasteiger partial charge in [0.05, 0.1) is 13.2 Å². The molecule has 0 aromatic carbocycles. The Morgan fingerprint density at radius 1 is 1.54 bits per heavy atom. The Bertz CT molecular complexity index is 642. The number of esters is 1. The Labute approximate surface area is 142 Å². The molecular formula is C18H24N4O2. The third kappa shape index (κ3) is 4.01. The summed E-state index contributed by atoms with van der Waals surface area (Å²) in [5.74, 6) is 1.00. The molecule has 2 rings (SSSR count). The Morgan fingerprint density at radius 3 is 3.00 bits per heavy atom. The van der Waals surface area contributed by atoms with Gasteiger partial charge in [0, 0.05) is 12.7 Å². The summed E-state index contributed by atoms with van der Waals surface area (Å²) >= 11 is 0. The van der Waals surface area contributed by atoms with Gasteiger partial charge in [-0.05, 0) is 31.4 Å². The number of anilines is 2. The van der Waals surface area contributed by atoms with E-state index in [1.165, 1.54) is 7.11 Å². The van der Waals surface area contributed by atoms with E-state index in [2.05, 4.69) is 28.4 Å². The molecule has 0 unspecified atom stereocenters. The number of nitrogens with one attached hydrogen (secondary N) is 1. The van der Waals surface area contributed by atoms with E-state index in [1.807, 2.05) is 24.0 Å². The highest BCUT2D eigenvalue weighted by atomic mass is 16.5. The summed E-state index contributed by atoms with van der Waals surface area (Å²) in [6.07, 6.45) is 8.79. The van der Waals surface area contributed by atoms with Gasteiger partial charge in [0.25, 0.3) is 0 Å². The molecule has 1 aliphatic heterocycles. The zero-order valence-electron chi connectivity index (χ0n) is 14.2. The number of rotatable bonds is 7. The van der Waals surface area contributed by atoms with E-state index < -0.39 is 0 Å². The predicted molar refractivity (Wildman–Crippen MR) is 96.0 cm³/mol. The molecule has 1 fully saturated rings. The molecule has 0 spiro atoms. The van der Waals surface area contributed by atoms with Crippen LogP contribution in [-0.2, 0) is 9.53 Å². The lowest BCUT2D eigenvalue weighted by Gasteiger charge is -2.24. The molecule has 2 atom stereocenters. The third-order valence-electron chi connectivity index (χ3n) is 4.05. The lowest BCUT2D eigenvalue weighted by atomic mass is 10.1. The van der Waals surface area contributed by atoms with Gasteiger partial charge in [0.1, 0.15) is 11.9 Å². The number of nitrogens with zero attached hydrogens (tertiary/aromatic N) is 3. The monoisotopic (exact) mass is 328 g/mol. The van der Waals surface area contributed by atoms with Crippen LogP contribution in [-0.4, -0.2) is 41.7 Å². The summed E-state index contributed by atoms with van der Waals surface area (Å²) in [6, 6.07) is 1.52. The molecule has 1 aromatic heterocycles. The van der Waals surface area contributed by atoms with Crippen molar-refractivity contribution in [2.45, 2.75) is 31.8 Å². The maximum Gasteiger partial charge on any atom is 0.328 e. The van der Waals surface area contributed by atoms with Gasteiger partial charge in [-0.1, -0.05) is 31.4 Å². The number of carbonyl (C=O) groups is 1. The van der Waals surface area contributed by atoms with Crippen molar-refractivity contribution in [1.29, 1.82) is 0 Å². The summed E-state index contributed by atoms with van der Waals surface area (Å²) < 4.78 is 4.89. The first-order valence-electron chi connectivity index (χ1n) is 7.99. The number of allylic oxidation sites excluding steroid dienone is 2. The van der Waals surface area contributed by atoms with E-state index in [1.54, 1.807) is 18.3 Å². The van der Waals surface area contributed by atoms with Crippen LogP contribution in [0.1, 0.15) is 19.8 Å². The fourth-order valence-corrected chi connectivity index (χ4v) is 2.80. The summed E-state index contributed by atoms with van der Waals surface area (Å²) in [5.41, 5.74) is 0.993. The van der Waals surface area contributed by atoms with Crippen LogP contribution in [0, 0.1) is 0 Å². The molecule has 1 saturated heterocycles. The van der Waals surface area contributed by atoms with Gasteiger partial charge >= 0.3 is 5.97 Å². The molecule has 0 bridgehead atoms. The van der Waals surface area contributed by atoms with Gasteiger partial charge in [-0.2, -0.15) is 4.98 Å². The Morgan fingerprint density at radius 2 is 2.33 bits per heavy atom. The smallest absolute Gasteiger partial charge is 0.328 e. The number of carbonyl (C=O) groups excluding carboxylic acids is 1. The molecule has 6 heteroatoms. The van der Waals surface area contributed by atoms with Crippen LogP contribution in [0.25, 0.3) is 0 Å². The Kier molecular flexibility index (Phi) is 6.12. The van der Waals surface area contributed by atoms with Crippen molar-refractivity contribution in [1.82, 2.24) is 9.97 Å². The van der Waals surface area contributed by atoms with Gasteiger partial charge in [0.15, 0.2) is 0 Å². The topological polar surface area (TPSA) is 67.4 Å². The maximum absolute atomic E-state index is 11.9. The normalized spacial score (nSPS) is 18.8. The highest BCUT2D eigenvalue weighted by Gasteiger charge is 2.32. The minimum atomic E-state index is -0.278. The fourth-order valence-electron chi connectivity index (χ4n) is 2.80. The van der Waals surface area contributed by atoms with E-state index in [0.717, 1.165) is 30.8 Å². The maximum atomic E-state index is 11.9. The molecule has 0 radical (unpaired) electrons. The first-order chi connectivity index (χ1) is 11.6. The third-order valence-corrected chi connectivity index (χ3v) is 4.05. The van der Waals surface area contributed by atoms with Crippen molar-refractivity contribution < 1.29 is 9.53 Å². The Balaban J connectivity index is 2.17. The number of hydrogen-bond donors (Lipinski definition) is 1. The molecule has 0 aliphatic carbocycles. The molecule has 2 heterocycles. The number of methoxy groups -OCH3 is 1. The lowest BCUT2D eigenvalue weighted by Crippen LogP contribution is -2.37. The van der Waals surface area contributed by atoms with Crippen LogP contribution in [0.5, 0.6) is 0 Å². The molecule has 6 nitrogen and oxygen atoms in total. The highest BCUT2D eigenvalue weighted by Crippen LogP contribution is 2.25. The minimum Gasteiger partial charge on any atom is -0.467 e. The molecule has 128 valence electrons. The Hall–Kier alpha value is -2.63. The van der Waals surface area contributed by atoms with Crippen molar-refractivity contribution in [3.63, 3.8) is 0 Å². The van der Waals surface area contributed by atoms with Crippen LogP contribution in [0.4, 0.5) is 11.8 Å². The molecule has 0 saturated carbocycles. The quantitative estimate of drug-likeness (QED) is 0.613. The van der Waals surface area contributed by atoms with Gasteiger partial charge in [-0.3, -0.25) is 0 Å². The first kappa shape index (κ1) is 17.7. The van der Waals surface area contributed by atoms with Crippen LogP contribution in [0.3, 0.4) is 0 Å². The van der Waals surface area contributed by atoms with E-state index in [9.17, 15) is 4.79 Å². The zero-order valence-corrected chi connectivity index (χ0v) is 14.2. The second kappa shape index (κ2) is 8.29. The SMILES string of the molecule is C=C/C=C(\C=C)[C@H](C)Nc1nccc(N2CCC[C@H]2C(=O)OC)n1. The van der Waals surface area contributed by atoms with E-state index >= 15 is 0 Å². The summed E-state index contributed by atoms with van der Waals surface area (Å²) in [4.78, 5) is 22.7. The molecule has 24 heavy (non-hydrogen) atoms. The summed E-state index contributed by atoms with van der Waals surface area (Å²) in [6.45, 7) is 10.3. The summed E-state index contributed by atoms with van der Waals surface area (Å²) in [7, 11) is 1.41. The predicted octanol–water partition coefficient (Wildman–Crippen LogP) is 2.72. The van der Waals surface area contributed by atoms with Gasteiger partial charge in [0.2, 0.25) is 5.95 Å². The van der Waals surface area contributed by atoms with Crippen LogP contribution < -0.4 is 10.2 Å². The zero-order chi connectivity index (χ0) is 17.5. The fraction of sp³-hybridized carbons (Fsp3) is 0.389. The molecule has 0 amide bonds. The van der Waals surface area contributed by atoms with Gasteiger partial charge in [-0.15, -0.1) is 0 Å². The average molecular weight is 328 g/mol. The summed E-state index contributed by atoms with van der Waals surface area (Å²) in [5, 5.41) is 3.25. The van der Waals surface area contributed by atoms with Crippen LogP contribution >= 0.6 is 0 Å². The van der Waals surface area contributed by atoms with Crippen molar-refractivity contribution in [3.8, 4) is 0 Å². The van der Waals surface area contributed by atoms with Gasteiger partial charge in [-0.25, -0.2) is 9.78 Å². The van der Waals surface area contributed by atoms with Crippen LogP contribution in [0.15, 0.2) is 49.2 Å². The van der Waals surface area contributed by atoms with Crippen molar-refractivity contribution >= 4 is 17.7 Å². The lowest BCUT2D eigenvalue weighted by molar-refractivity contribution is -0.141. The van der Waals surface area contributed by atoms with Crippen molar-refractivity contribution in [3.05, 3.63) is 49.2 Å². The average Bonchev–Trinajstić information content (AvgIpc) is 3.08. The standard InChI is InChI=1S/C18H24N4O2/c1-5-8-14(6-2)13(3)20-18-19-11-10-16(21-18)22-12-7-9-15(22)17(23)24-4/h5-6,8,10-11,13,15H,1-2,7,9,12H2,3-4H3,(H,19,20,21)/b14-8+/t13-,15-/m0/s1. The minimum absolute atomic E-state index is 0.00858. The number of aromatic nitrogens is 2. The van der Waals surface area contributed by atoms with Crippen LogP contribution in [0.2, 0.25) is 0 Å². The number of hydrogen-bond acceptors (Lipinski definition) is 6. The van der Waals surface area contributed by atoms with E-state index in [0.29, 0.717) is 5.95 Å². The molecule has 1 N–H and O–H groups in total. The molecule has 1 aliphatic rings. The van der Waals surface area contributed by atoms with Crippen molar-refractivity contribution in [2.75, 3.05) is 23.9 Å².